The second-order valence-corrected chi connectivity index (χ2v) is 2.69. The number of amides is 1. The van der Waals surface area contributed by atoms with Crippen LogP contribution in [-0.4, -0.2) is 49.1 Å². The number of hydrogen-bond acceptors (Lipinski definition) is 3. The van der Waals surface area contributed by atoms with Crippen molar-refractivity contribution in [3.05, 3.63) is 0 Å². The van der Waals surface area contributed by atoms with Gasteiger partial charge in [-0.25, -0.2) is 0 Å². The van der Waals surface area contributed by atoms with E-state index in [2.05, 4.69) is 5.32 Å². The average molecular weight is 174 g/mol. The first-order chi connectivity index (χ1) is 5.49. The van der Waals surface area contributed by atoms with Crippen LogP contribution in [0, 0.1) is 0 Å². The third-order valence-corrected chi connectivity index (χ3v) is 1.54. The summed E-state index contributed by atoms with van der Waals surface area (Å²) in [5.74, 6) is -1.25. The summed E-state index contributed by atoms with van der Waals surface area (Å²) in [7, 11) is 4.83. The maximum absolute atomic E-state index is 11.1. The lowest BCUT2D eigenvalue weighted by Gasteiger charge is -2.20. The third kappa shape index (κ3) is 3.34. The fraction of sp³-hybridized carbons (Fsp3) is 0.714. The van der Waals surface area contributed by atoms with Gasteiger partial charge in [-0.2, -0.15) is 0 Å². The molecule has 0 aromatic carbocycles. The summed E-state index contributed by atoms with van der Waals surface area (Å²) in [6.45, 7) is 0. The molecule has 0 bridgehead atoms. The molecule has 0 aliphatic carbocycles. The molecule has 0 unspecified atom stereocenters. The van der Waals surface area contributed by atoms with Gasteiger partial charge in [-0.1, -0.05) is 0 Å². The van der Waals surface area contributed by atoms with Crippen LogP contribution in [0.25, 0.3) is 0 Å². The molecule has 12 heavy (non-hydrogen) atoms. The van der Waals surface area contributed by atoms with E-state index < -0.39 is 12.0 Å². The van der Waals surface area contributed by atoms with Crippen LogP contribution in [-0.2, 0) is 9.59 Å². The van der Waals surface area contributed by atoms with Crippen molar-refractivity contribution in [2.45, 2.75) is 12.5 Å². The summed E-state index contributed by atoms with van der Waals surface area (Å²) in [6.07, 6.45) is -0.174. The highest BCUT2D eigenvalue weighted by molar-refractivity contribution is 5.85. The predicted molar refractivity (Wildman–Crippen MR) is 43.8 cm³/mol. The minimum absolute atomic E-state index is 0.174. The highest BCUT2D eigenvalue weighted by Gasteiger charge is 2.22. The van der Waals surface area contributed by atoms with Crippen molar-refractivity contribution in [2.24, 2.45) is 0 Å². The Labute approximate surface area is 71.4 Å². The van der Waals surface area contributed by atoms with Crippen LogP contribution < -0.4 is 5.32 Å². The molecule has 5 heteroatoms. The third-order valence-electron chi connectivity index (χ3n) is 1.54. The Kier molecular flexibility index (Phi) is 4.28. The van der Waals surface area contributed by atoms with E-state index >= 15 is 0 Å². The van der Waals surface area contributed by atoms with E-state index in [0.717, 1.165) is 0 Å². The molecule has 70 valence electrons. The molecule has 0 saturated carbocycles. The zero-order valence-electron chi connectivity index (χ0n) is 7.50. The lowest BCUT2D eigenvalue weighted by Crippen LogP contribution is -2.43. The van der Waals surface area contributed by atoms with E-state index in [0.29, 0.717) is 0 Å². The number of carboxylic acids is 1. The van der Waals surface area contributed by atoms with E-state index in [1.807, 2.05) is 0 Å². The van der Waals surface area contributed by atoms with Crippen LogP contribution in [0.5, 0.6) is 0 Å². The van der Waals surface area contributed by atoms with Gasteiger partial charge in [0.25, 0.3) is 0 Å². The topological polar surface area (TPSA) is 69.6 Å². The Morgan fingerprint density at radius 3 is 2.25 bits per heavy atom. The molecule has 0 aromatic heterocycles. The minimum Gasteiger partial charge on any atom is -0.481 e. The minimum atomic E-state index is -0.975. The van der Waals surface area contributed by atoms with E-state index in [9.17, 15) is 9.59 Å². The van der Waals surface area contributed by atoms with Gasteiger partial charge < -0.3 is 10.4 Å². The Bertz CT molecular complexity index is 179. The van der Waals surface area contributed by atoms with Crippen molar-refractivity contribution in [3.8, 4) is 0 Å². The van der Waals surface area contributed by atoms with Gasteiger partial charge >= 0.3 is 5.97 Å². The fourth-order valence-corrected chi connectivity index (χ4v) is 0.842. The van der Waals surface area contributed by atoms with Crippen molar-refractivity contribution in [2.75, 3.05) is 21.1 Å². The highest BCUT2D eigenvalue weighted by atomic mass is 16.4. The number of carboxylic acid groups (broad SMARTS) is 1. The maximum atomic E-state index is 11.1. The van der Waals surface area contributed by atoms with Crippen LogP contribution >= 0.6 is 0 Å². The summed E-state index contributed by atoms with van der Waals surface area (Å²) in [5.41, 5.74) is 0. The number of likely N-dealkylation sites (N-methyl/N-ethyl adjacent to an activating group) is 2. The molecule has 0 spiro atoms. The van der Waals surface area contributed by atoms with E-state index in [-0.39, 0.29) is 12.3 Å². The summed E-state index contributed by atoms with van der Waals surface area (Å²) in [6, 6.07) is -0.590. The van der Waals surface area contributed by atoms with Gasteiger partial charge in [-0.3, -0.25) is 14.5 Å². The van der Waals surface area contributed by atoms with Gasteiger partial charge in [0.2, 0.25) is 5.91 Å². The summed E-state index contributed by atoms with van der Waals surface area (Å²) in [5, 5.41) is 10.9. The molecule has 0 saturated heterocycles. The SMILES string of the molecule is CNC(=O)[C@@H](CC(=O)O)N(C)C. The molecule has 0 aromatic rings. The Hall–Kier alpha value is -1.10. The van der Waals surface area contributed by atoms with Gasteiger partial charge in [-0.05, 0) is 14.1 Å². The lowest BCUT2D eigenvalue weighted by molar-refractivity contribution is -0.141. The van der Waals surface area contributed by atoms with Crippen molar-refractivity contribution >= 4 is 11.9 Å². The Morgan fingerprint density at radius 1 is 1.50 bits per heavy atom. The lowest BCUT2D eigenvalue weighted by atomic mass is 10.2. The number of rotatable bonds is 4. The smallest absolute Gasteiger partial charge is 0.305 e. The normalized spacial score (nSPS) is 12.7. The molecule has 0 radical (unpaired) electrons. The highest BCUT2D eigenvalue weighted by Crippen LogP contribution is 1.99. The predicted octanol–water partition coefficient (Wildman–Crippen LogP) is -0.863. The maximum Gasteiger partial charge on any atom is 0.305 e. The van der Waals surface area contributed by atoms with Crippen LogP contribution in [0.2, 0.25) is 0 Å². The van der Waals surface area contributed by atoms with Crippen LogP contribution in [0.4, 0.5) is 0 Å². The molecule has 1 atom stereocenters. The first-order valence-electron chi connectivity index (χ1n) is 3.58. The average Bonchev–Trinajstić information content (AvgIpc) is 1.98. The molecule has 5 nitrogen and oxygen atoms in total. The van der Waals surface area contributed by atoms with Crippen LogP contribution in [0.3, 0.4) is 0 Å². The quantitative estimate of drug-likeness (QED) is 0.581. The molecular formula is C7H14N2O3. The van der Waals surface area contributed by atoms with Crippen molar-refractivity contribution in [3.63, 3.8) is 0 Å². The zero-order chi connectivity index (χ0) is 9.72. The number of aliphatic carboxylic acids is 1. The van der Waals surface area contributed by atoms with Crippen molar-refractivity contribution in [1.82, 2.24) is 10.2 Å². The van der Waals surface area contributed by atoms with E-state index in [1.165, 1.54) is 7.05 Å². The van der Waals surface area contributed by atoms with Crippen LogP contribution in [0.15, 0.2) is 0 Å². The Balaban J connectivity index is 4.23. The van der Waals surface area contributed by atoms with Gasteiger partial charge in [0.05, 0.1) is 12.5 Å². The molecule has 0 heterocycles. The van der Waals surface area contributed by atoms with Crippen LogP contribution in [0.1, 0.15) is 6.42 Å². The monoisotopic (exact) mass is 174 g/mol. The molecule has 0 rings (SSSR count). The zero-order valence-corrected chi connectivity index (χ0v) is 7.50. The van der Waals surface area contributed by atoms with Gasteiger partial charge in [0.1, 0.15) is 0 Å². The number of carbonyl (C=O) groups is 2. The molecule has 1 amide bonds. The van der Waals surface area contributed by atoms with Crippen molar-refractivity contribution < 1.29 is 14.7 Å². The Morgan fingerprint density at radius 2 is 2.00 bits per heavy atom. The van der Waals surface area contributed by atoms with E-state index in [4.69, 9.17) is 5.11 Å². The standard InChI is InChI=1S/C7H14N2O3/c1-8-7(12)5(9(2)3)4-6(10)11/h5H,4H2,1-3H3,(H,8,12)(H,10,11)/t5-/m1/s1. The largest absolute Gasteiger partial charge is 0.481 e. The molecule has 2 N–H and O–H groups in total. The second-order valence-electron chi connectivity index (χ2n) is 2.69. The number of carbonyl (C=O) groups excluding carboxylic acids is 1. The van der Waals surface area contributed by atoms with Gasteiger partial charge in [-0.15, -0.1) is 0 Å². The number of hydrogen-bond donors (Lipinski definition) is 2. The fourth-order valence-electron chi connectivity index (χ4n) is 0.842. The first-order valence-corrected chi connectivity index (χ1v) is 3.58. The molecule has 0 fully saturated rings. The molecule has 0 aliphatic heterocycles. The van der Waals surface area contributed by atoms with Gasteiger partial charge in [0.15, 0.2) is 0 Å². The first kappa shape index (κ1) is 10.9. The van der Waals surface area contributed by atoms with E-state index in [1.54, 1.807) is 19.0 Å². The molecule has 0 aliphatic rings. The van der Waals surface area contributed by atoms with Gasteiger partial charge in [0, 0.05) is 7.05 Å². The summed E-state index contributed by atoms with van der Waals surface area (Å²) in [4.78, 5) is 23.0. The molecular weight excluding hydrogens is 160 g/mol. The number of nitrogens with one attached hydrogen (secondary N) is 1. The number of nitrogens with zero attached hydrogens (tertiary/aromatic N) is 1. The van der Waals surface area contributed by atoms with Crippen molar-refractivity contribution in [1.29, 1.82) is 0 Å². The second kappa shape index (κ2) is 4.71. The summed E-state index contributed by atoms with van der Waals surface area (Å²) < 4.78 is 0. The summed E-state index contributed by atoms with van der Waals surface area (Å²) >= 11 is 0.